The van der Waals surface area contributed by atoms with Crippen LogP contribution >= 0.6 is 0 Å². The third-order valence-electron chi connectivity index (χ3n) is 4.57. The smallest absolute Gasteiger partial charge is 0.255 e. The van der Waals surface area contributed by atoms with Crippen molar-refractivity contribution < 1.29 is 13.9 Å². The third-order valence-corrected chi connectivity index (χ3v) is 4.57. The van der Waals surface area contributed by atoms with E-state index in [1.807, 2.05) is 48.5 Å². The molecule has 0 aliphatic heterocycles. The fourth-order valence-corrected chi connectivity index (χ4v) is 3.05. The van der Waals surface area contributed by atoms with E-state index in [0.29, 0.717) is 23.4 Å². The van der Waals surface area contributed by atoms with Gasteiger partial charge in [0.15, 0.2) is 5.75 Å². The normalized spacial score (nSPS) is 10.7. The van der Waals surface area contributed by atoms with Crippen molar-refractivity contribution in [1.29, 1.82) is 0 Å². The molecule has 0 aliphatic rings. The summed E-state index contributed by atoms with van der Waals surface area (Å²) < 4.78 is 19.1. The van der Waals surface area contributed by atoms with E-state index in [-0.39, 0.29) is 18.3 Å². The Kier molecular flexibility index (Phi) is 5.47. The van der Waals surface area contributed by atoms with Gasteiger partial charge in [0.05, 0.1) is 5.56 Å². The van der Waals surface area contributed by atoms with Crippen LogP contribution in [0.4, 0.5) is 4.39 Å². The second-order valence-electron chi connectivity index (χ2n) is 6.60. The summed E-state index contributed by atoms with van der Waals surface area (Å²) in [5.41, 5.74) is 2.86. The van der Waals surface area contributed by atoms with Crippen molar-refractivity contribution in [2.24, 2.45) is 0 Å². The molecule has 0 radical (unpaired) electrons. The Labute approximate surface area is 168 Å². The highest BCUT2D eigenvalue weighted by molar-refractivity contribution is 6.02. The van der Waals surface area contributed by atoms with Crippen molar-refractivity contribution in [3.63, 3.8) is 0 Å². The maximum absolute atomic E-state index is 13.1. The molecule has 1 N–H and O–H groups in total. The number of hydrogen-bond donors (Lipinski definition) is 1. The molecule has 5 heteroatoms. The Hall–Kier alpha value is -3.73. The summed E-state index contributed by atoms with van der Waals surface area (Å²) in [5, 5.41) is 3.76. The van der Waals surface area contributed by atoms with Crippen LogP contribution in [0.1, 0.15) is 21.5 Å². The number of nitrogens with one attached hydrogen (secondary N) is 1. The molecule has 0 saturated heterocycles. The predicted octanol–water partition coefficient (Wildman–Crippen LogP) is 4.88. The van der Waals surface area contributed by atoms with Crippen LogP contribution in [0.3, 0.4) is 0 Å². The van der Waals surface area contributed by atoms with E-state index in [1.165, 1.54) is 12.1 Å². The highest BCUT2D eigenvalue weighted by Crippen LogP contribution is 2.29. The van der Waals surface area contributed by atoms with Gasteiger partial charge in [0.2, 0.25) is 0 Å². The molecule has 0 spiro atoms. The topological polar surface area (TPSA) is 51.2 Å². The molecule has 1 aromatic heterocycles. The van der Waals surface area contributed by atoms with Gasteiger partial charge in [-0.15, -0.1) is 0 Å². The Morgan fingerprint density at radius 3 is 2.48 bits per heavy atom. The van der Waals surface area contributed by atoms with Gasteiger partial charge < -0.3 is 10.1 Å². The first-order chi connectivity index (χ1) is 14.2. The monoisotopic (exact) mass is 386 g/mol. The number of aromatic nitrogens is 1. The molecule has 0 fully saturated rings. The summed E-state index contributed by atoms with van der Waals surface area (Å²) in [7, 11) is 0. The maximum atomic E-state index is 13.1. The van der Waals surface area contributed by atoms with Crippen LogP contribution in [-0.2, 0) is 13.2 Å². The van der Waals surface area contributed by atoms with Gasteiger partial charge in [0.25, 0.3) is 5.91 Å². The van der Waals surface area contributed by atoms with Crippen LogP contribution in [0.25, 0.3) is 10.9 Å². The number of rotatable bonds is 6. The minimum absolute atomic E-state index is 0.273. The van der Waals surface area contributed by atoms with Crippen LogP contribution in [0.5, 0.6) is 5.75 Å². The minimum Gasteiger partial charge on any atom is -0.486 e. The molecule has 4 aromatic rings. The molecule has 4 rings (SSSR count). The molecule has 0 unspecified atom stereocenters. The van der Waals surface area contributed by atoms with Crippen molar-refractivity contribution >= 4 is 16.8 Å². The third kappa shape index (κ3) is 4.41. The Balaban J connectivity index is 1.60. The standard InChI is InChI=1S/C24H19FN2O2/c25-20-11-8-17(9-12-20)15-27-24(28)21-13-10-19-7-4-14-26-22(19)23(21)29-16-18-5-2-1-3-6-18/h1-14H,15-16H2,(H,27,28). The summed E-state index contributed by atoms with van der Waals surface area (Å²) in [6.45, 7) is 0.617. The summed E-state index contributed by atoms with van der Waals surface area (Å²) in [6, 6.07) is 23.1. The van der Waals surface area contributed by atoms with Gasteiger partial charge in [-0.1, -0.05) is 54.6 Å². The number of hydrogen-bond acceptors (Lipinski definition) is 3. The first-order valence-electron chi connectivity index (χ1n) is 9.28. The largest absolute Gasteiger partial charge is 0.486 e. The fraction of sp³-hybridized carbons (Fsp3) is 0.0833. The first kappa shape index (κ1) is 18.6. The predicted molar refractivity (Wildman–Crippen MR) is 110 cm³/mol. The zero-order valence-electron chi connectivity index (χ0n) is 15.6. The maximum Gasteiger partial charge on any atom is 0.255 e. The molecule has 0 aliphatic carbocycles. The molecule has 4 nitrogen and oxygen atoms in total. The molecular formula is C24H19FN2O2. The lowest BCUT2D eigenvalue weighted by Crippen LogP contribution is -2.23. The number of nitrogens with zero attached hydrogens (tertiary/aromatic N) is 1. The average Bonchev–Trinajstić information content (AvgIpc) is 2.77. The van der Waals surface area contributed by atoms with Crippen LogP contribution in [0.2, 0.25) is 0 Å². The number of ether oxygens (including phenoxy) is 1. The quantitative estimate of drug-likeness (QED) is 0.514. The van der Waals surface area contributed by atoms with Gasteiger partial charge in [-0.25, -0.2) is 4.39 Å². The number of halogens is 1. The van der Waals surface area contributed by atoms with E-state index < -0.39 is 0 Å². The number of amides is 1. The highest BCUT2D eigenvalue weighted by atomic mass is 19.1. The van der Waals surface area contributed by atoms with Gasteiger partial charge in [0.1, 0.15) is 17.9 Å². The SMILES string of the molecule is O=C(NCc1ccc(F)cc1)c1ccc2cccnc2c1OCc1ccccc1. The van der Waals surface area contributed by atoms with E-state index in [9.17, 15) is 9.18 Å². The van der Waals surface area contributed by atoms with E-state index in [1.54, 1.807) is 24.4 Å². The Morgan fingerprint density at radius 2 is 1.69 bits per heavy atom. The fourth-order valence-electron chi connectivity index (χ4n) is 3.05. The molecule has 1 heterocycles. The summed E-state index contributed by atoms with van der Waals surface area (Å²) in [5.74, 6) is -0.134. The molecule has 3 aromatic carbocycles. The molecule has 0 bridgehead atoms. The van der Waals surface area contributed by atoms with Gasteiger partial charge in [-0.3, -0.25) is 9.78 Å². The van der Waals surface area contributed by atoms with Crippen LogP contribution in [0, 0.1) is 5.82 Å². The number of carbonyl (C=O) groups is 1. The second kappa shape index (κ2) is 8.52. The molecule has 29 heavy (non-hydrogen) atoms. The minimum atomic E-state index is -0.308. The van der Waals surface area contributed by atoms with Crippen LogP contribution < -0.4 is 10.1 Å². The summed E-state index contributed by atoms with van der Waals surface area (Å²) in [4.78, 5) is 17.3. The van der Waals surface area contributed by atoms with Crippen molar-refractivity contribution in [2.45, 2.75) is 13.2 Å². The lowest BCUT2D eigenvalue weighted by molar-refractivity contribution is 0.0946. The Bertz CT molecular complexity index is 1130. The lowest BCUT2D eigenvalue weighted by atomic mass is 10.1. The lowest BCUT2D eigenvalue weighted by Gasteiger charge is -2.14. The second-order valence-corrected chi connectivity index (χ2v) is 6.60. The number of pyridine rings is 1. The zero-order valence-corrected chi connectivity index (χ0v) is 15.6. The first-order valence-corrected chi connectivity index (χ1v) is 9.28. The molecule has 144 valence electrons. The average molecular weight is 386 g/mol. The molecule has 0 saturated carbocycles. The van der Waals surface area contributed by atoms with Gasteiger partial charge in [-0.2, -0.15) is 0 Å². The van der Waals surface area contributed by atoms with Crippen molar-refractivity contribution in [2.75, 3.05) is 0 Å². The van der Waals surface area contributed by atoms with Gasteiger partial charge in [0, 0.05) is 18.1 Å². The number of carbonyl (C=O) groups excluding carboxylic acids is 1. The molecule has 1 amide bonds. The van der Waals surface area contributed by atoms with Crippen molar-refractivity contribution in [1.82, 2.24) is 10.3 Å². The Morgan fingerprint density at radius 1 is 0.897 bits per heavy atom. The zero-order chi connectivity index (χ0) is 20.1. The van der Waals surface area contributed by atoms with Gasteiger partial charge >= 0.3 is 0 Å². The molecular weight excluding hydrogens is 367 g/mol. The van der Waals surface area contributed by atoms with Crippen LogP contribution in [-0.4, -0.2) is 10.9 Å². The van der Waals surface area contributed by atoms with Gasteiger partial charge in [-0.05, 0) is 35.4 Å². The van der Waals surface area contributed by atoms with Crippen molar-refractivity contribution in [3.8, 4) is 5.75 Å². The number of fused-ring (bicyclic) bond motifs is 1. The van der Waals surface area contributed by atoms with E-state index in [2.05, 4.69) is 10.3 Å². The van der Waals surface area contributed by atoms with Crippen LogP contribution in [0.15, 0.2) is 85.1 Å². The summed E-state index contributed by atoms with van der Waals surface area (Å²) >= 11 is 0. The highest BCUT2D eigenvalue weighted by Gasteiger charge is 2.17. The van der Waals surface area contributed by atoms with Crippen molar-refractivity contribution in [3.05, 3.63) is 108 Å². The van der Waals surface area contributed by atoms with E-state index in [4.69, 9.17) is 4.74 Å². The number of benzene rings is 3. The molecule has 0 atom stereocenters. The van der Waals surface area contributed by atoms with E-state index in [0.717, 1.165) is 16.5 Å². The van der Waals surface area contributed by atoms with E-state index >= 15 is 0 Å². The summed E-state index contributed by atoms with van der Waals surface area (Å²) in [6.07, 6.45) is 1.68.